The fraction of sp³-hybridized carbons (Fsp3) is 0.522. The SMILES string of the molecule is CCCCCN1C(=O)C(c2ccc(NC(C)=O)cc2)=C(N2CCN(CC)CC2)C1=O. The van der Waals surface area contributed by atoms with E-state index in [4.69, 9.17) is 0 Å². The first-order chi connectivity index (χ1) is 14.5. The summed E-state index contributed by atoms with van der Waals surface area (Å²) in [4.78, 5) is 43.7. The topological polar surface area (TPSA) is 73.0 Å². The molecule has 2 heterocycles. The van der Waals surface area contributed by atoms with Gasteiger partial charge in [0.25, 0.3) is 11.8 Å². The zero-order valence-electron chi connectivity index (χ0n) is 18.2. The number of likely N-dealkylation sites (N-methyl/N-ethyl adjacent to an activating group) is 1. The number of carbonyl (C=O) groups is 3. The van der Waals surface area contributed by atoms with Gasteiger partial charge in [-0.05, 0) is 30.7 Å². The second-order valence-corrected chi connectivity index (χ2v) is 7.87. The molecule has 0 aliphatic carbocycles. The van der Waals surface area contributed by atoms with Gasteiger partial charge in [0, 0.05) is 45.3 Å². The molecule has 30 heavy (non-hydrogen) atoms. The van der Waals surface area contributed by atoms with E-state index in [0.29, 0.717) is 29.1 Å². The number of hydrogen-bond donors (Lipinski definition) is 1. The van der Waals surface area contributed by atoms with Crippen molar-refractivity contribution in [2.24, 2.45) is 0 Å². The molecule has 0 bridgehead atoms. The summed E-state index contributed by atoms with van der Waals surface area (Å²) >= 11 is 0. The molecular weight excluding hydrogens is 380 g/mol. The molecule has 7 nitrogen and oxygen atoms in total. The highest BCUT2D eigenvalue weighted by molar-refractivity contribution is 6.35. The van der Waals surface area contributed by atoms with Crippen molar-refractivity contribution in [3.63, 3.8) is 0 Å². The molecule has 1 aromatic carbocycles. The molecule has 1 N–H and O–H groups in total. The lowest BCUT2D eigenvalue weighted by Gasteiger charge is -2.36. The van der Waals surface area contributed by atoms with Gasteiger partial charge in [-0.15, -0.1) is 0 Å². The number of amides is 3. The van der Waals surface area contributed by atoms with Crippen molar-refractivity contribution in [1.82, 2.24) is 14.7 Å². The zero-order valence-corrected chi connectivity index (χ0v) is 18.2. The number of carbonyl (C=O) groups excluding carboxylic acids is 3. The van der Waals surface area contributed by atoms with Gasteiger partial charge >= 0.3 is 0 Å². The molecule has 1 aromatic rings. The largest absolute Gasteiger partial charge is 0.364 e. The van der Waals surface area contributed by atoms with E-state index in [2.05, 4.69) is 29.0 Å². The van der Waals surface area contributed by atoms with Crippen LogP contribution in [0, 0.1) is 0 Å². The van der Waals surface area contributed by atoms with Crippen LogP contribution in [0.3, 0.4) is 0 Å². The monoisotopic (exact) mass is 412 g/mol. The lowest BCUT2D eigenvalue weighted by atomic mass is 10.0. The summed E-state index contributed by atoms with van der Waals surface area (Å²) in [5, 5.41) is 2.74. The van der Waals surface area contributed by atoms with Crippen molar-refractivity contribution in [2.45, 2.75) is 40.0 Å². The molecule has 0 spiro atoms. The second-order valence-electron chi connectivity index (χ2n) is 7.87. The Morgan fingerprint density at radius 2 is 1.63 bits per heavy atom. The van der Waals surface area contributed by atoms with E-state index in [1.807, 2.05) is 12.1 Å². The van der Waals surface area contributed by atoms with Crippen LogP contribution in [0.5, 0.6) is 0 Å². The van der Waals surface area contributed by atoms with Crippen LogP contribution in [0.25, 0.3) is 5.57 Å². The number of hydrogen-bond acceptors (Lipinski definition) is 5. The van der Waals surface area contributed by atoms with Crippen molar-refractivity contribution < 1.29 is 14.4 Å². The molecule has 3 rings (SSSR count). The van der Waals surface area contributed by atoms with Gasteiger partial charge in [-0.2, -0.15) is 0 Å². The van der Waals surface area contributed by atoms with E-state index >= 15 is 0 Å². The summed E-state index contributed by atoms with van der Waals surface area (Å²) in [5.74, 6) is -0.538. The van der Waals surface area contributed by atoms with Gasteiger partial charge in [-0.3, -0.25) is 19.3 Å². The number of benzene rings is 1. The van der Waals surface area contributed by atoms with E-state index in [1.54, 1.807) is 12.1 Å². The van der Waals surface area contributed by atoms with Gasteiger partial charge in [0.05, 0.1) is 5.57 Å². The summed E-state index contributed by atoms with van der Waals surface area (Å²) < 4.78 is 0. The molecule has 2 aliphatic heterocycles. The minimum atomic E-state index is -0.212. The average molecular weight is 413 g/mol. The first kappa shape index (κ1) is 22.0. The number of rotatable bonds is 8. The number of anilines is 1. The Kier molecular flexibility index (Phi) is 7.26. The molecule has 0 aromatic heterocycles. The van der Waals surface area contributed by atoms with Gasteiger partial charge in [-0.1, -0.05) is 38.8 Å². The maximum atomic E-state index is 13.3. The molecular formula is C23H32N4O3. The van der Waals surface area contributed by atoms with Crippen LogP contribution in [0.2, 0.25) is 0 Å². The molecule has 162 valence electrons. The van der Waals surface area contributed by atoms with E-state index in [-0.39, 0.29) is 17.7 Å². The smallest absolute Gasteiger partial charge is 0.277 e. The Balaban J connectivity index is 1.92. The highest BCUT2D eigenvalue weighted by Crippen LogP contribution is 2.33. The molecule has 0 saturated carbocycles. The Bertz CT molecular complexity index is 823. The Morgan fingerprint density at radius 1 is 0.967 bits per heavy atom. The first-order valence-corrected chi connectivity index (χ1v) is 10.9. The van der Waals surface area contributed by atoms with Crippen LogP contribution in [0.1, 0.15) is 45.6 Å². The zero-order chi connectivity index (χ0) is 21.7. The number of nitrogens with zero attached hydrogens (tertiary/aromatic N) is 3. The Morgan fingerprint density at radius 3 is 2.20 bits per heavy atom. The van der Waals surface area contributed by atoms with Gasteiger partial charge in [0.15, 0.2) is 0 Å². The predicted octanol–water partition coefficient (Wildman–Crippen LogP) is 2.55. The highest BCUT2D eigenvalue weighted by Gasteiger charge is 2.41. The van der Waals surface area contributed by atoms with Crippen molar-refractivity contribution in [3.8, 4) is 0 Å². The normalized spacial score (nSPS) is 17.8. The second kappa shape index (κ2) is 9.89. The van der Waals surface area contributed by atoms with Gasteiger partial charge < -0.3 is 15.1 Å². The first-order valence-electron chi connectivity index (χ1n) is 10.9. The van der Waals surface area contributed by atoms with Crippen LogP contribution in [-0.2, 0) is 14.4 Å². The lowest BCUT2D eigenvalue weighted by molar-refractivity contribution is -0.137. The summed E-state index contributed by atoms with van der Waals surface area (Å²) in [7, 11) is 0. The van der Waals surface area contributed by atoms with Crippen molar-refractivity contribution in [1.29, 1.82) is 0 Å². The van der Waals surface area contributed by atoms with Crippen LogP contribution >= 0.6 is 0 Å². The highest BCUT2D eigenvalue weighted by atomic mass is 16.2. The number of piperazine rings is 1. The minimum absolute atomic E-state index is 0.148. The third-order valence-corrected chi connectivity index (χ3v) is 5.76. The van der Waals surface area contributed by atoms with E-state index in [9.17, 15) is 14.4 Å². The van der Waals surface area contributed by atoms with E-state index in [0.717, 1.165) is 52.0 Å². The van der Waals surface area contributed by atoms with Crippen molar-refractivity contribution in [3.05, 3.63) is 35.5 Å². The van der Waals surface area contributed by atoms with Crippen LogP contribution in [0.15, 0.2) is 30.0 Å². The fourth-order valence-electron chi connectivity index (χ4n) is 4.05. The summed E-state index contributed by atoms with van der Waals surface area (Å²) in [5.41, 5.74) is 2.39. The molecule has 1 fully saturated rings. The van der Waals surface area contributed by atoms with Crippen LogP contribution in [0.4, 0.5) is 5.69 Å². The van der Waals surface area contributed by atoms with E-state index < -0.39 is 0 Å². The van der Waals surface area contributed by atoms with Gasteiger partial charge in [0.2, 0.25) is 5.91 Å². The molecule has 0 radical (unpaired) electrons. The third kappa shape index (κ3) is 4.73. The third-order valence-electron chi connectivity index (χ3n) is 5.76. The average Bonchev–Trinajstić information content (AvgIpc) is 2.99. The van der Waals surface area contributed by atoms with Crippen LogP contribution < -0.4 is 5.32 Å². The fourth-order valence-corrected chi connectivity index (χ4v) is 4.05. The van der Waals surface area contributed by atoms with E-state index in [1.165, 1.54) is 11.8 Å². The standard InChI is InChI=1S/C23H32N4O3/c1-4-6-7-12-27-22(29)20(18-8-10-19(11-9-18)24-17(3)28)21(23(27)30)26-15-13-25(5-2)14-16-26/h8-11H,4-7,12-16H2,1-3H3,(H,24,28). The number of imide groups is 1. The molecule has 0 unspecified atom stereocenters. The summed E-state index contributed by atoms with van der Waals surface area (Å²) in [6.45, 7) is 10.4. The maximum absolute atomic E-state index is 13.3. The van der Waals surface area contributed by atoms with Crippen LogP contribution in [-0.4, -0.2) is 71.7 Å². The quantitative estimate of drug-likeness (QED) is 0.525. The lowest BCUT2D eigenvalue weighted by Crippen LogP contribution is -2.47. The van der Waals surface area contributed by atoms with Crippen molar-refractivity contribution in [2.75, 3.05) is 44.6 Å². The summed E-state index contributed by atoms with van der Waals surface area (Å²) in [6, 6.07) is 7.16. The van der Waals surface area contributed by atoms with Crippen molar-refractivity contribution >= 4 is 29.0 Å². The molecule has 3 amide bonds. The molecule has 1 saturated heterocycles. The van der Waals surface area contributed by atoms with Gasteiger partial charge in [-0.25, -0.2) is 0 Å². The summed E-state index contributed by atoms with van der Waals surface area (Å²) in [6.07, 6.45) is 2.84. The molecule has 2 aliphatic rings. The van der Waals surface area contributed by atoms with Gasteiger partial charge in [0.1, 0.15) is 5.70 Å². The minimum Gasteiger partial charge on any atom is -0.364 e. The number of nitrogens with one attached hydrogen (secondary N) is 1. The number of unbranched alkanes of at least 4 members (excludes halogenated alkanes) is 2. The maximum Gasteiger partial charge on any atom is 0.277 e. The predicted molar refractivity (Wildman–Crippen MR) is 118 cm³/mol. The molecule has 0 atom stereocenters. The Labute approximate surface area is 178 Å². The Hall–Kier alpha value is -2.67. The molecule has 7 heteroatoms.